The fourth-order valence-electron chi connectivity index (χ4n) is 1.71. The van der Waals surface area contributed by atoms with E-state index in [-0.39, 0.29) is 5.69 Å². The highest BCUT2D eigenvalue weighted by Crippen LogP contribution is 2.17. The molecule has 3 aromatic rings. The van der Waals surface area contributed by atoms with Crippen molar-refractivity contribution in [2.75, 3.05) is 0 Å². The van der Waals surface area contributed by atoms with Crippen molar-refractivity contribution in [3.05, 3.63) is 57.8 Å². The van der Waals surface area contributed by atoms with Gasteiger partial charge in [0.15, 0.2) is 5.82 Å². The molecular formula is C12H8BrN5O. The van der Waals surface area contributed by atoms with Crippen LogP contribution in [0.4, 0.5) is 0 Å². The average molecular weight is 318 g/mol. The van der Waals surface area contributed by atoms with Crippen LogP contribution in [0.3, 0.4) is 0 Å². The van der Waals surface area contributed by atoms with E-state index in [2.05, 4.69) is 36.1 Å². The standard InChI is InChI=1S/C12H8BrN5O/c13-8-1-3-9(4-2-8)18-11(16-17-12(18)19)10-7-14-5-6-15-10/h1-7H,(H,17,19). The van der Waals surface area contributed by atoms with Gasteiger partial charge in [0, 0.05) is 16.9 Å². The topological polar surface area (TPSA) is 76.5 Å². The minimum atomic E-state index is -0.317. The molecule has 2 aromatic heterocycles. The molecule has 0 spiro atoms. The number of benzene rings is 1. The Hall–Kier alpha value is -2.28. The summed E-state index contributed by atoms with van der Waals surface area (Å²) in [7, 11) is 0. The van der Waals surface area contributed by atoms with Gasteiger partial charge in [-0.05, 0) is 24.3 Å². The fraction of sp³-hybridized carbons (Fsp3) is 0. The SMILES string of the molecule is O=c1[nH]nc(-c2cnccn2)n1-c1ccc(Br)cc1. The molecular weight excluding hydrogens is 310 g/mol. The first-order chi connectivity index (χ1) is 9.25. The zero-order valence-corrected chi connectivity index (χ0v) is 11.2. The number of nitrogens with zero attached hydrogens (tertiary/aromatic N) is 4. The number of H-pyrrole nitrogens is 1. The highest BCUT2D eigenvalue weighted by molar-refractivity contribution is 9.10. The van der Waals surface area contributed by atoms with Gasteiger partial charge >= 0.3 is 5.69 Å². The van der Waals surface area contributed by atoms with Crippen LogP contribution in [0.25, 0.3) is 17.2 Å². The van der Waals surface area contributed by atoms with Gasteiger partial charge < -0.3 is 0 Å². The van der Waals surface area contributed by atoms with Gasteiger partial charge in [0.25, 0.3) is 0 Å². The van der Waals surface area contributed by atoms with Crippen molar-refractivity contribution in [1.29, 1.82) is 0 Å². The summed E-state index contributed by atoms with van der Waals surface area (Å²) in [6, 6.07) is 7.35. The van der Waals surface area contributed by atoms with E-state index in [1.54, 1.807) is 18.6 Å². The molecule has 7 heteroatoms. The van der Waals surface area contributed by atoms with Crippen LogP contribution in [-0.2, 0) is 0 Å². The van der Waals surface area contributed by atoms with E-state index < -0.39 is 0 Å². The van der Waals surface area contributed by atoms with Crippen molar-refractivity contribution in [1.82, 2.24) is 24.7 Å². The summed E-state index contributed by atoms with van der Waals surface area (Å²) in [5.41, 5.74) is 0.925. The monoisotopic (exact) mass is 317 g/mol. The molecule has 0 aliphatic rings. The lowest BCUT2D eigenvalue weighted by molar-refractivity contribution is 0.981. The van der Waals surface area contributed by atoms with E-state index in [0.29, 0.717) is 17.2 Å². The Morgan fingerprint density at radius 2 is 1.95 bits per heavy atom. The number of aromatic amines is 1. The van der Waals surface area contributed by atoms with Crippen LogP contribution in [0.15, 0.2) is 52.1 Å². The molecule has 0 radical (unpaired) electrons. The molecule has 0 bridgehead atoms. The molecule has 0 saturated carbocycles. The summed E-state index contributed by atoms with van der Waals surface area (Å²) in [6.45, 7) is 0. The van der Waals surface area contributed by atoms with Gasteiger partial charge in [-0.3, -0.25) is 4.98 Å². The predicted octanol–water partition coefficient (Wildman–Crippen LogP) is 1.78. The number of rotatable bonds is 2. The van der Waals surface area contributed by atoms with Crippen LogP contribution in [-0.4, -0.2) is 24.7 Å². The lowest BCUT2D eigenvalue weighted by Gasteiger charge is -2.04. The van der Waals surface area contributed by atoms with E-state index >= 15 is 0 Å². The predicted molar refractivity (Wildman–Crippen MR) is 72.9 cm³/mol. The molecule has 0 fully saturated rings. The fourth-order valence-corrected chi connectivity index (χ4v) is 1.98. The van der Waals surface area contributed by atoms with Gasteiger partial charge in [0.1, 0.15) is 5.69 Å². The largest absolute Gasteiger partial charge is 0.348 e. The van der Waals surface area contributed by atoms with E-state index in [9.17, 15) is 4.79 Å². The first-order valence-corrected chi connectivity index (χ1v) is 6.25. The average Bonchev–Trinajstić information content (AvgIpc) is 2.83. The van der Waals surface area contributed by atoms with Crippen LogP contribution < -0.4 is 5.69 Å². The quantitative estimate of drug-likeness (QED) is 0.781. The lowest BCUT2D eigenvalue weighted by Crippen LogP contribution is -2.15. The third-order valence-corrected chi connectivity index (χ3v) is 3.08. The summed E-state index contributed by atoms with van der Waals surface area (Å²) >= 11 is 3.36. The lowest BCUT2D eigenvalue weighted by atomic mass is 10.3. The van der Waals surface area contributed by atoms with Crippen molar-refractivity contribution >= 4 is 15.9 Å². The van der Waals surface area contributed by atoms with Gasteiger partial charge in [0.2, 0.25) is 0 Å². The molecule has 0 amide bonds. The van der Waals surface area contributed by atoms with E-state index in [1.165, 1.54) is 4.57 Å². The Morgan fingerprint density at radius 3 is 2.63 bits per heavy atom. The maximum atomic E-state index is 11.9. The highest BCUT2D eigenvalue weighted by atomic mass is 79.9. The second-order valence-electron chi connectivity index (χ2n) is 3.75. The zero-order chi connectivity index (χ0) is 13.2. The molecule has 0 aliphatic heterocycles. The minimum absolute atomic E-state index is 0.317. The molecule has 0 unspecified atom stereocenters. The number of nitrogens with one attached hydrogen (secondary N) is 1. The van der Waals surface area contributed by atoms with Crippen molar-refractivity contribution in [2.24, 2.45) is 0 Å². The maximum absolute atomic E-state index is 11.9. The maximum Gasteiger partial charge on any atom is 0.348 e. The van der Waals surface area contributed by atoms with E-state index in [4.69, 9.17) is 0 Å². The van der Waals surface area contributed by atoms with Gasteiger partial charge in [-0.1, -0.05) is 15.9 Å². The first-order valence-electron chi connectivity index (χ1n) is 5.45. The van der Waals surface area contributed by atoms with E-state index in [0.717, 1.165) is 4.47 Å². The summed E-state index contributed by atoms with van der Waals surface area (Å²) in [6.07, 6.45) is 4.68. The summed E-state index contributed by atoms with van der Waals surface area (Å²) in [5, 5.41) is 6.42. The molecule has 94 valence electrons. The molecule has 1 N–H and O–H groups in total. The van der Waals surface area contributed by atoms with Crippen LogP contribution >= 0.6 is 15.9 Å². The van der Waals surface area contributed by atoms with Crippen LogP contribution in [0.2, 0.25) is 0 Å². The number of aromatic nitrogens is 5. The third kappa shape index (κ3) is 2.19. The van der Waals surface area contributed by atoms with E-state index in [1.807, 2.05) is 24.3 Å². The molecule has 0 saturated heterocycles. The third-order valence-electron chi connectivity index (χ3n) is 2.55. The Kier molecular flexibility index (Phi) is 2.96. The van der Waals surface area contributed by atoms with Crippen molar-refractivity contribution in [3.63, 3.8) is 0 Å². The van der Waals surface area contributed by atoms with Crippen molar-refractivity contribution < 1.29 is 0 Å². The summed E-state index contributed by atoms with van der Waals surface area (Å²) < 4.78 is 2.39. The Morgan fingerprint density at radius 1 is 1.16 bits per heavy atom. The zero-order valence-electron chi connectivity index (χ0n) is 9.62. The Bertz CT molecular complexity index is 748. The molecule has 6 nitrogen and oxygen atoms in total. The van der Waals surface area contributed by atoms with Crippen LogP contribution in [0.1, 0.15) is 0 Å². The smallest absolute Gasteiger partial charge is 0.261 e. The molecule has 0 aliphatic carbocycles. The summed E-state index contributed by atoms with van der Waals surface area (Å²) in [5.74, 6) is 0.431. The van der Waals surface area contributed by atoms with Gasteiger partial charge in [-0.15, -0.1) is 0 Å². The number of hydrogen-bond acceptors (Lipinski definition) is 4. The van der Waals surface area contributed by atoms with Crippen LogP contribution in [0, 0.1) is 0 Å². The Labute approximate surface area is 116 Å². The number of halogens is 1. The second kappa shape index (κ2) is 4.77. The second-order valence-corrected chi connectivity index (χ2v) is 4.67. The molecule has 3 rings (SSSR count). The minimum Gasteiger partial charge on any atom is -0.261 e. The number of hydrogen-bond donors (Lipinski definition) is 1. The normalized spacial score (nSPS) is 10.6. The summed E-state index contributed by atoms with van der Waals surface area (Å²) in [4.78, 5) is 20.0. The van der Waals surface area contributed by atoms with Gasteiger partial charge in [0.05, 0.1) is 11.9 Å². The first kappa shape index (κ1) is 11.8. The molecule has 0 atom stereocenters. The molecule has 2 heterocycles. The van der Waals surface area contributed by atoms with Gasteiger partial charge in [-0.2, -0.15) is 5.10 Å². The molecule has 1 aromatic carbocycles. The highest BCUT2D eigenvalue weighted by Gasteiger charge is 2.13. The molecule has 19 heavy (non-hydrogen) atoms. The van der Waals surface area contributed by atoms with Crippen LogP contribution in [0.5, 0.6) is 0 Å². The van der Waals surface area contributed by atoms with Crippen molar-refractivity contribution in [2.45, 2.75) is 0 Å². The Balaban J connectivity index is 2.19. The van der Waals surface area contributed by atoms with Crippen molar-refractivity contribution in [3.8, 4) is 17.2 Å². The van der Waals surface area contributed by atoms with Gasteiger partial charge in [-0.25, -0.2) is 19.4 Å².